The lowest BCUT2D eigenvalue weighted by Gasteiger charge is -2.36. The molecular formula is C21H22FNO4. The van der Waals surface area contributed by atoms with Crippen molar-refractivity contribution in [1.29, 1.82) is 0 Å². The van der Waals surface area contributed by atoms with E-state index in [9.17, 15) is 14.0 Å². The first kappa shape index (κ1) is 19.0. The van der Waals surface area contributed by atoms with Gasteiger partial charge in [-0.25, -0.2) is 4.39 Å². The quantitative estimate of drug-likeness (QED) is 0.840. The molecule has 2 aromatic rings. The van der Waals surface area contributed by atoms with Crippen molar-refractivity contribution in [1.82, 2.24) is 0 Å². The Balaban J connectivity index is 1.83. The van der Waals surface area contributed by atoms with E-state index in [1.54, 1.807) is 43.3 Å². The Morgan fingerprint density at radius 1 is 1.07 bits per heavy atom. The second-order valence-corrected chi connectivity index (χ2v) is 6.84. The molecular weight excluding hydrogens is 349 g/mol. The molecule has 6 heteroatoms. The standard InChI is InChI=1S/C21H22FNO4/c1-14(19(24)25)15-2-8-18(9-3-15)23-20(26)21(10-12-27-13-11-21)16-4-6-17(22)7-5-16/h2-9,14H,10-13H2,1H3,(H,23,26)(H,24,25). The fraction of sp³-hybridized carbons (Fsp3) is 0.333. The average molecular weight is 371 g/mol. The summed E-state index contributed by atoms with van der Waals surface area (Å²) in [6.07, 6.45) is 1.02. The van der Waals surface area contributed by atoms with Crippen LogP contribution in [0.4, 0.5) is 10.1 Å². The van der Waals surface area contributed by atoms with Crippen LogP contribution in [0.5, 0.6) is 0 Å². The minimum Gasteiger partial charge on any atom is -0.481 e. The van der Waals surface area contributed by atoms with Crippen molar-refractivity contribution >= 4 is 17.6 Å². The number of nitrogens with one attached hydrogen (secondary N) is 1. The monoisotopic (exact) mass is 371 g/mol. The summed E-state index contributed by atoms with van der Waals surface area (Å²) in [6.45, 7) is 2.53. The van der Waals surface area contributed by atoms with Gasteiger partial charge in [-0.2, -0.15) is 0 Å². The second-order valence-electron chi connectivity index (χ2n) is 6.84. The van der Waals surface area contributed by atoms with Crippen molar-refractivity contribution in [3.8, 4) is 0 Å². The van der Waals surface area contributed by atoms with Gasteiger partial charge in [-0.15, -0.1) is 0 Å². The molecule has 0 radical (unpaired) electrons. The summed E-state index contributed by atoms with van der Waals surface area (Å²) in [5, 5.41) is 12.0. The lowest BCUT2D eigenvalue weighted by Crippen LogP contribution is -2.44. The molecule has 0 bridgehead atoms. The van der Waals surface area contributed by atoms with Gasteiger partial charge in [-0.1, -0.05) is 24.3 Å². The first-order valence-electron chi connectivity index (χ1n) is 8.90. The average Bonchev–Trinajstić information content (AvgIpc) is 2.69. The maximum absolute atomic E-state index is 13.3. The van der Waals surface area contributed by atoms with Gasteiger partial charge in [0.25, 0.3) is 0 Å². The van der Waals surface area contributed by atoms with E-state index in [4.69, 9.17) is 9.84 Å². The highest BCUT2D eigenvalue weighted by atomic mass is 19.1. The van der Waals surface area contributed by atoms with Crippen LogP contribution in [0.1, 0.15) is 36.8 Å². The van der Waals surface area contributed by atoms with Gasteiger partial charge in [-0.3, -0.25) is 9.59 Å². The fourth-order valence-corrected chi connectivity index (χ4v) is 3.38. The zero-order valence-corrected chi connectivity index (χ0v) is 15.1. The Morgan fingerprint density at radius 3 is 2.22 bits per heavy atom. The fourth-order valence-electron chi connectivity index (χ4n) is 3.38. The number of carboxylic acid groups (broad SMARTS) is 1. The van der Waals surface area contributed by atoms with E-state index >= 15 is 0 Å². The minimum absolute atomic E-state index is 0.170. The van der Waals surface area contributed by atoms with Crippen molar-refractivity contribution < 1.29 is 23.8 Å². The first-order valence-corrected chi connectivity index (χ1v) is 8.90. The van der Waals surface area contributed by atoms with Gasteiger partial charge in [0.1, 0.15) is 5.82 Å². The minimum atomic E-state index is -0.899. The summed E-state index contributed by atoms with van der Waals surface area (Å²) in [7, 11) is 0. The number of hydrogen-bond acceptors (Lipinski definition) is 3. The molecule has 0 aromatic heterocycles. The Bertz CT molecular complexity index is 811. The highest BCUT2D eigenvalue weighted by Crippen LogP contribution is 2.36. The molecule has 27 heavy (non-hydrogen) atoms. The number of ether oxygens (including phenoxy) is 1. The van der Waals surface area contributed by atoms with Crippen molar-refractivity contribution in [2.75, 3.05) is 18.5 Å². The number of halogens is 1. The van der Waals surface area contributed by atoms with E-state index in [2.05, 4.69) is 5.32 Å². The third-order valence-corrected chi connectivity index (χ3v) is 5.22. The van der Waals surface area contributed by atoms with Gasteiger partial charge in [0.15, 0.2) is 0 Å². The van der Waals surface area contributed by atoms with Gasteiger partial charge in [0.2, 0.25) is 5.91 Å². The molecule has 1 unspecified atom stereocenters. The molecule has 0 aliphatic carbocycles. The molecule has 5 nitrogen and oxygen atoms in total. The summed E-state index contributed by atoms with van der Waals surface area (Å²) < 4.78 is 18.7. The van der Waals surface area contributed by atoms with Gasteiger partial charge in [0, 0.05) is 18.9 Å². The Kier molecular flexibility index (Phi) is 5.56. The van der Waals surface area contributed by atoms with Crippen LogP contribution in [0.3, 0.4) is 0 Å². The van der Waals surface area contributed by atoms with Gasteiger partial charge < -0.3 is 15.2 Å². The Hall–Kier alpha value is -2.73. The third-order valence-electron chi connectivity index (χ3n) is 5.22. The van der Waals surface area contributed by atoms with E-state index in [1.807, 2.05) is 0 Å². The summed E-state index contributed by atoms with van der Waals surface area (Å²) >= 11 is 0. The summed E-state index contributed by atoms with van der Waals surface area (Å²) in [5.74, 6) is -2.03. The van der Waals surface area contributed by atoms with E-state index < -0.39 is 17.3 Å². The first-order chi connectivity index (χ1) is 12.9. The van der Waals surface area contributed by atoms with Crippen LogP contribution >= 0.6 is 0 Å². The van der Waals surface area contributed by atoms with Crippen LogP contribution in [0.15, 0.2) is 48.5 Å². The summed E-state index contributed by atoms with van der Waals surface area (Å²) in [6, 6.07) is 12.8. The number of carbonyl (C=O) groups excluding carboxylic acids is 1. The van der Waals surface area contributed by atoms with Crippen molar-refractivity contribution in [3.05, 3.63) is 65.5 Å². The molecule has 1 atom stereocenters. The number of carbonyl (C=O) groups is 2. The molecule has 142 valence electrons. The molecule has 2 aromatic carbocycles. The zero-order valence-electron chi connectivity index (χ0n) is 15.1. The zero-order chi connectivity index (χ0) is 19.4. The molecule has 1 saturated heterocycles. The molecule has 1 aliphatic rings. The molecule has 1 amide bonds. The van der Waals surface area contributed by atoms with Crippen LogP contribution in [-0.4, -0.2) is 30.2 Å². The van der Waals surface area contributed by atoms with Crippen molar-refractivity contribution in [2.45, 2.75) is 31.1 Å². The Morgan fingerprint density at radius 2 is 1.67 bits per heavy atom. The number of aliphatic carboxylic acids is 1. The molecule has 1 aliphatic heterocycles. The predicted molar refractivity (Wildman–Crippen MR) is 99.3 cm³/mol. The highest BCUT2D eigenvalue weighted by molar-refractivity contribution is 5.99. The van der Waals surface area contributed by atoms with Crippen LogP contribution in [0.2, 0.25) is 0 Å². The van der Waals surface area contributed by atoms with E-state index in [1.165, 1.54) is 12.1 Å². The predicted octanol–water partition coefficient (Wildman–Crippen LogP) is 3.70. The summed E-state index contributed by atoms with van der Waals surface area (Å²) in [4.78, 5) is 24.2. The number of amides is 1. The molecule has 0 spiro atoms. The number of rotatable bonds is 5. The van der Waals surface area contributed by atoms with E-state index in [0.29, 0.717) is 37.3 Å². The van der Waals surface area contributed by atoms with Gasteiger partial charge in [0.05, 0.1) is 11.3 Å². The molecule has 1 heterocycles. The Labute approximate surface area is 157 Å². The SMILES string of the molecule is CC(C(=O)O)c1ccc(NC(=O)C2(c3ccc(F)cc3)CCOCC2)cc1. The third kappa shape index (κ3) is 4.01. The van der Waals surface area contributed by atoms with E-state index in [-0.39, 0.29) is 11.7 Å². The number of carboxylic acids is 1. The maximum atomic E-state index is 13.3. The van der Waals surface area contributed by atoms with Gasteiger partial charge in [-0.05, 0) is 55.2 Å². The summed E-state index contributed by atoms with van der Waals surface area (Å²) in [5.41, 5.74) is 1.24. The van der Waals surface area contributed by atoms with Crippen LogP contribution in [0.25, 0.3) is 0 Å². The van der Waals surface area contributed by atoms with Crippen molar-refractivity contribution in [3.63, 3.8) is 0 Å². The van der Waals surface area contributed by atoms with E-state index in [0.717, 1.165) is 5.56 Å². The number of hydrogen-bond donors (Lipinski definition) is 2. The smallest absolute Gasteiger partial charge is 0.310 e. The molecule has 3 rings (SSSR count). The largest absolute Gasteiger partial charge is 0.481 e. The topological polar surface area (TPSA) is 75.6 Å². The maximum Gasteiger partial charge on any atom is 0.310 e. The van der Waals surface area contributed by atoms with Crippen LogP contribution < -0.4 is 5.32 Å². The lowest BCUT2D eigenvalue weighted by atomic mass is 9.73. The molecule has 1 fully saturated rings. The van der Waals surface area contributed by atoms with Crippen LogP contribution in [0, 0.1) is 5.82 Å². The normalized spacial score (nSPS) is 17.1. The lowest BCUT2D eigenvalue weighted by molar-refractivity contribution is -0.138. The van der Waals surface area contributed by atoms with Crippen LogP contribution in [-0.2, 0) is 19.7 Å². The molecule has 0 saturated carbocycles. The molecule has 2 N–H and O–H groups in total. The number of anilines is 1. The van der Waals surface area contributed by atoms with Crippen molar-refractivity contribution in [2.24, 2.45) is 0 Å². The van der Waals surface area contributed by atoms with Gasteiger partial charge >= 0.3 is 5.97 Å². The second kappa shape index (κ2) is 7.88. The number of benzene rings is 2. The highest BCUT2D eigenvalue weighted by Gasteiger charge is 2.41.